The summed E-state index contributed by atoms with van der Waals surface area (Å²) < 4.78 is 13.1. The first-order chi connectivity index (χ1) is 9.63. The number of benzene rings is 2. The SMILES string of the molecule is OC(Cc1ccc(F)c(Cl)c1)c1ccc2c(c1)CCC2. The fourth-order valence-corrected chi connectivity index (χ4v) is 3.01. The minimum Gasteiger partial charge on any atom is -0.388 e. The van der Waals surface area contributed by atoms with Crippen molar-refractivity contribution in [3.05, 3.63) is 69.5 Å². The molecule has 1 unspecified atom stereocenters. The van der Waals surface area contributed by atoms with Crippen LogP contribution in [0.5, 0.6) is 0 Å². The minimum absolute atomic E-state index is 0.101. The van der Waals surface area contributed by atoms with Crippen LogP contribution in [0.1, 0.15) is 34.8 Å². The summed E-state index contributed by atoms with van der Waals surface area (Å²) in [6.45, 7) is 0. The first-order valence-electron chi connectivity index (χ1n) is 6.87. The van der Waals surface area contributed by atoms with E-state index in [2.05, 4.69) is 12.1 Å². The molecular formula is C17H16ClFO. The van der Waals surface area contributed by atoms with Crippen molar-refractivity contribution in [2.45, 2.75) is 31.8 Å². The third kappa shape index (κ3) is 2.72. The van der Waals surface area contributed by atoms with Crippen LogP contribution in [0.2, 0.25) is 5.02 Å². The molecule has 1 aliphatic rings. The summed E-state index contributed by atoms with van der Waals surface area (Å²) in [5.74, 6) is -0.428. The molecule has 0 aliphatic heterocycles. The van der Waals surface area contributed by atoms with Gasteiger partial charge in [-0.25, -0.2) is 4.39 Å². The van der Waals surface area contributed by atoms with Crippen molar-refractivity contribution >= 4 is 11.6 Å². The van der Waals surface area contributed by atoms with E-state index in [-0.39, 0.29) is 5.02 Å². The molecule has 20 heavy (non-hydrogen) atoms. The summed E-state index contributed by atoms with van der Waals surface area (Å²) in [6, 6.07) is 10.8. The van der Waals surface area contributed by atoms with E-state index in [1.165, 1.54) is 23.6 Å². The summed E-state index contributed by atoms with van der Waals surface area (Å²) in [7, 11) is 0. The second kappa shape index (κ2) is 5.55. The van der Waals surface area contributed by atoms with Crippen LogP contribution < -0.4 is 0 Å². The molecule has 0 bridgehead atoms. The van der Waals surface area contributed by atoms with E-state index >= 15 is 0 Å². The molecule has 0 amide bonds. The number of aryl methyl sites for hydroxylation is 2. The van der Waals surface area contributed by atoms with Crippen molar-refractivity contribution in [2.24, 2.45) is 0 Å². The highest BCUT2D eigenvalue weighted by Gasteiger charge is 2.15. The Morgan fingerprint density at radius 1 is 1.10 bits per heavy atom. The fraction of sp³-hybridized carbons (Fsp3) is 0.294. The first-order valence-corrected chi connectivity index (χ1v) is 7.25. The summed E-state index contributed by atoms with van der Waals surface area (Å²) in [4.78, 5) is 0. The molecule has 3 rings (SSSR count). The Balaban J connectivity index is 1.78. The van der Waals surface area contributed by atoms with Crippen molar-refractivity contribution in [1.82, 2.24) is 0 Å². The van der Waals surface area contributed by atoms with Crippen LogP contribution in [-0.4, -0.2) is 5.11 Å². The molecule has 1 N–H and O–H groups in total. The maximum Gasteiger partial charge on any atom is 0.141 e. The van der Waals surface area contributed by atoms with Crippen molar-refractivity contribution in [3.8, 4) is 0 Å². The Bertz CT molecular complexity index is 639. The van der Waals surface area contributed by atoms with E-state index in [0.717, 1.165) is 24.0 Å². The zero-order valence-electron chi connectivity index (χ0n) is 11.1. The van der Waals surface area contributed by atoms with E-state index in [1.54, 1.807) is 12.1 Å². The summed E-state index contributed by atoms with van der Waals surface area (Å²) in [6.07, 6.45) is 3.29. The summed E-state index contributed by atoms with van der Waals surface area (Å²) >= 11 is 5.76. The third-order valence-electron chi connectivity index (χ3n) is 3.92. The Kier molecular flexibility index (Phi) is 3.77. The lowest BCUT2D eigenvalue weighted by molar-refractivity contribution is 0.178. The molecule has 0 saturated heterocycles. The van der Waals surface area contributed by atoms with E-state index in [1.807, 2.05) is 6.07 Å². The molecule has 0 aromatic heterocycles. The quantitative estimate of drug-likeness (QED) is 0.896. The molecule has 0 saturated carbocycles. The Morgan fingerprint density at radius 2 is 1.90 bits per heavy atom. The lowest BCUT2D eigenvalue weighted by atomic mass is 9.98. The molecular weight excluding hydrogens is 275 g/mol. The average molecular weight is 291 g/mol. The van der Waals surface area contributed by atoms with Crippen molar-refractivity contribution in [1.29, 1.82) is 0 Å². The molecule has 2 aromatic carbocycles. The van der Waals surface area contributed by atoms with Gasteiger partial charge in [-0.3, -0.25) is 0 Å². The predicted molar refractivity (Wildman–Crippen MR) is 78.5 cm³/mol. The molecule has 3 heteroatoms. The van der Waals surface area contributed by atoms with Crippen molar-refractivity contribution in [2.75, 3.05) is 0 Å². The first kappa shape index (κ1) is 13.6. The molecule has 1 nitrogen and oxygen atoms in total. The van der Waals surface area contributed by atoms with Gasteiger partial charge in [0.25, 0.3) is 0 Å². The molecule has 104 valence electrons. The van der Waals surface area contributed by atoms with Gasteiger partial charge in [-0.15, -0.1) is 0 Å². The molecule has 2 aromatic rings. The number of fused-ring (bicyclic) bond motifs is 1. The lowest BCUT2D eigenvalue weighted by Crippen LogP contribution is -2.03. The number of aliphatic hydroxyl groups excluding tert-OH is 1. The fourth-order valence-electron chi connectivity index (χ4n) is 2.81. The number of rotatable bonds is 3. The van der Waals surface area contributed by atoms with Crippen LogP contribution in [0.15, 0.2) is 36.4 Å². The van der Waals surface area contributed by atoms with Crippen LogP contribution in [0.4, 0.5) is 4.39 Å². The minimum atomic E-state index is -0.581. The Morgan fingerprint density at radius 3 is 2.70 bits per heavy atom. The van der Waals surface area contributed by atoms with Crippen LogP contribution >= 0.6 is 11.6 Å². The summed E-state index contributed by atoms with van der Waals surface area (Å²) in [5.41, 5.74) is 4.50. The summed E-state index contributed by atoms with van der Waals surface area (Å²) in [5, 5.41) is 10.4. The van der Waals surface area contributed by atoms with Crippen LogP contribution in [0.3, 0.4) is 0 Å². The van der Waals surface area contributed by atoms with Gasteiger partial charge in [0.05, 0.1) is 11.1 Å². The van der Waals surface area contributed by atoms with Crippen LogP contribution in [-0.2, 0) is 19.3 Å². The van der Waals surface area contributed by atoms with Crippen LogP contribution in [0.25, 0.3) is 0 Å². The van der Waals surface area contributed by atoms with Gasteiger partial charge in [0, 0.05) is 6.42 Å². The molecule has 0 spiro atoms. The van der Waals surface area contributed by atoms with Gasteiger partial charge < -0.3 is 5.11 Å². The van der Waals surface area contributed by atoms with E-state index in [9.17, 15) is 9.50 Å². The zero-order valence-corrected chi connectivity index (χ0v) is 11.8. The largest absolute Gasteiger partial charge is 0.388 e. The van der Waals surface area contributed by atoms with Crippen LogP contribution in [0, 0.1) is 5.82 Å². The topological polar surface area (TPSA) is 20.2 Å². The van der Waals surface area contributed by atoms with Gasteiger partial charge in [-0.1, -0.05) is 35.9 Å². The standard InChI is InChI=1S/C17H16ClFO/c18-15-8-11(4-7-16(15)19)9-17(20)14-6-5-12-2-1-3-13(12)10-14/h4-8,10,17,20H,1-3,9H2. The van der Waals surface area contributed by atoms with Gasteiger partial charge in [0.2, 0.25) is 0 Å². The van der Waals surface area contributed by atoms with Gasteiger partial charge in [-0.05, 0) is 53.6 Å². The maximum atomic E-state index is 13.1. The van der Waals surface area contributed by atoms with E-state index < -0.39 is 11.9 Å². The molecule has 0 heterocycles. The number of hydrogen-bond acceptors (Lipinski definition) is 1. The average Bonchev–Trinajstić information content (AvgIpc) is 2.90. The highest BCUT2D eigenvalue weighted by atomic mass is 35.5. The van der Waals surface area contributed by atoms with E-state index in [0.29, 0.717) is 6.42 Å². The van der Waals surface area contributed by atoms with E-state index in [4.69, 9.17) is 11.6 Å². The highest BCUT2D eigenvalue weighted by molar-refractivity contribution is 6.30. The lowest BCUT2D eigenvalue weighted by Gasteiger charge is -2.13. The molecule has 0 fully saturated rings. The molecule has 1 atom stereocenters. The predicted octanol–water partition coefficient (Wildman–Crippen LogP) is 4.24. The number of aliphatic hydroxyl groups is 1. The van der Waals surface area contributed by atoms with Gasteiger partial charge >= 0.3 is 0 Å². The zero-order chi connectivity index (χ0) is 14.1. The van der Waals surface area contributed by atoms with Gasteiger partial charge in [0.1, 0.15) is 5.82 Å². The van der Waals surface area contributed by atoms with Gasteiger partial charge in [0.15, 0.2) is 0 Å². The third-order valence-corrected chi connectivity index (χ3v) is 4.21. The second-order valence-electron chi connectivity index (χ2n) is 5.35. The Hall–Kier alpha value is -1.38. The highest BCUT2D eigenvalue weighted by Crippen LogP contribution is 2.27. The number of halogens is 2. The molecule has 0 radical (unpaired) electrons. The molecule has 1 aliphatic carbocycles. The van der Waals surface area contributed by atoms with Crippen molar-refractivity contribution in [3.63, 3.8) is 0 Å². The monoisotopic (exact) mass is 290 g/mol. The van der Waals surface area contributed by atoms with Gasteiger partial charge in [-0.2, -0.15) is 0 Å². The maximum absolute atomic E-state index is 13.1. The normalized spacial score (nSPS) is 15.2. The number of hydrogen-bond donors (Lipinski definition) is 1. The smallest absolute Gasteiger partial charge is 0.141 e. The Labute approximate surface area is 123 Å². The van der Waals surface area contributed by atoms with Crippen molar-refractivity contribution < 1.29 is 9.50 Å². The second-order valence-corrected chi connectivity index (χ2v) is 5.76.